The van der Waals surface area contributed by atoms with Crippen LogP contribution in [0.4, 0.5) is 0 Å². The Labute approximate surface area is 137 Å². The number of benzene rings is 2. The molecule has 2 aromatic rings. The van der Waals surface area contributed by atoms with Gasteiger partial charge in [-0.2, -0.15) is 0 Å². The van der Waals surface area contributed by atoms with Crippen LogP contribution in [0.5, 0.6) is 11.5 Å². The SMILES string of the molecule is CCc1ccccc1OCC(=O)NC(C)c1ccccc1OC. The fourth-order valence-electron chi connectivity index (χ4n) is 2.47. The van der Waals surface area contributed by atoms with E-state index in [1.807, 2.05) is 55.5 Å². The number of hydrogen-bond donors (Lipinski definition) is 1. The Morgan fingerprint density at radius 2 is 1.74 bits per heavy atom. The minimum Gasteiger partial charge on any atom is -0.496 e. The second kappa shape index (κ2) is 8.22. The average molecular weight is 313 g/mol. The van der Waals surface area contributed by atoms with Crippen LogP contribution in [0.3, 0.4) is 0 Å². The van der Waals surface area contributed by atoms with Gasteiger partial charge in [-0.3, -0.25) is 4.79 Å². The summed E-state index contributed by atoms with van der Waals surface area (Å²) in [5.74, 6) is 1.36. The Balaban J connectivity index is 1.94. The maximum absolute atomic E-state index is 12.1. The van der Waals surface area contributed by atoms with Gasteiger partial charge in [0.2, 0.25) is 0 Å². The van der Waals surface area contributed by atoms with Gasteiger partial charge < -0.3 is 14.8 Å². The van der Waals surface area contributed by atoms with Crippen LogP contribution in [0.2, 0.25) is 0 Å². The van der Waals surface area contributed by atoms with E-state index in [1.54, 1.807) is 7.11 Å². The monoisotopic (exact) mass is 313 g/mol. The lowest BCUT2D eigenvalue weighted by molar-refractivity contribution is -0.123. The first-order valence-electron chi connectivity index (χ1n) is 7.78. The van der Waals surface area contributed by atoms with Gasteiger partial charge in [0, 0.05) is 5.56 Å². The lowest BCUT2D eigenvalue weighted by Crippen LogP contribution is -2.31. The van der Waals surface area contributed by atoms with Crippen LogP contribution >= 0.6 is 0 Å². The molecule has 1 N–H and O–H groups in total. The van der Waals surface area contributed by atoms with Gasteiger partial charge in [0.15, 0.2) is 6.61 Å². The number of ether oxygens (including phenoxy) is 2. The molecular formula is C19H23NO3. The van der Waals surface area contributed by atoms with Crippen LogP contribution < -0.4 is 14.8 Å². The predicted octanol–water partition coefficient (Wildman–Crippen LogP) is 3.51. The second-order valence-electron chi connectivity index (χ2n) is 5.28. The van der Waals surface area contributed by atoms with E-state index >= 15 is 0 Å². The van der Waals surface area contributed by atoms with Crippen LogP contribution in [0.25, 0.3) is 0 Å². The molecule has 4 heteroatoms. The number of amides is 1. The summed E-state index contributed by atoms with van der Waals surface area (Å²) in [5.41, 5.74) is 2.04. The maximum Gasteiger partial charge on any atom is 0.258 e. The van der Waals surface area contributed by atoms with Gasteiger partial charge in [-0.1, -0.05) is 43.3 Å². The number of rotatable bonds is 7. The lowest BCUT2D eigenvalue weighted by atomic mass is 10.1. The molecule has 0 spiro atoms. The highest BCUT2D eigenvalue weighted by molar-refractivity contribution is 5.78. The van der Waals surface area contributed by atoms with Crippen LogP contribution in [0.15, 0.2) is 48.5 Å². The summed E-state index contributed by atoms with van der Waals surface area (Å²) in [6.07, 6.45) is 0.870. The molecule has 0 aromatic heterocycles. The molecule has 0 aliphatic rings. The summed E-state index contributed by atoms with van der Waals surface area (Å²) >= 11 is 0. The first-order valence-corrected chi connectivity index (χ1v) is 7.78. The molecule has 122 valence electrons. The first-order chi connectivity index (χ1) is 11.2. The minimum absolute atomic E-state index is 0.00347. The molecule has 1 amide bonds. The van der Waals surface area contributed by atoms with Crippen molar-refractivity contribution >= 4 is 5.91 Å². The number of hydrogen-bond acceptors (Lipinski definition) is 3. The van der Waals surface area contributed by atoms with Crippen molar-refractivity contribution in [3.63, 3.8) is 0 Å². The van der Waals surface area contributed by atoms with E-state index in [2.05, 4.69) is 12.2 Å². The number of carbonyl (C=O) groups excluding carboxylic acids is 1. The van der Waals surface area contributed by atoms with Crippen molar-refractivity contribution in [2.75, 3.05) is 13.7 Å². The molecule has 0 saturated heterocycles. The van der Waals surface area contributed by atoms with E-state index in [0.29, 0.717) is 0 Å². The lowest BCUT2D eigenvalue weighted by Gasteiger charge is -2.17. The molecule has 0 bridgehead atoms. The molecule has 23 heavy (non-hydrogen) atoms. The van der Waals surface area contributed by atoms with Crippen molar-refractivity contribution in [3.8, 4) is 11.5 Å². The molecule has 0 heterocycles. The van der Waals surface area contributed by atoms with Gasteiger partial charge >= 0.3 is 0 Å². The molecule has 0 aliphatic heterocycles. The molecule has 0 aliphatic carbocycles. The Morgan fingerprint density at radius 1 is 1.09 bits per heavy atom. The maximum atomic E-state index is 12.1. The van der Waals surface area contributed by atoms with Gasteiger partial charge in [0.25, 0.3) is 5.91 Å². The van der Waals surface area contributed by atoms with Crippen LogP contribution in [-0.4, -0.2) is 19.6 Å². The molecule has 0 radical (unpaired) electrons. The Kier molecular flexibility index (Phi) is 6.03. The zero-order valence-corrected chi connectivity index (χ0v) is 13.8. The van der Waals surface area contributed by atoms with Crippen molar-refractivity contribution in [1.82, 2.24) is 5.32 Å². The molecule has 0 fully saturated rings. The summed E-state index contributed by atoms with van der Waals surface area (Å²) < 4.78 is 11.0. The number of methoxy groups -OCH3 is 1. The fourth-order valence-corrected chi connectivity index (χ4v) is 2.47. The number of aryl methyl sites for hydroxylation is 1. The minimum atomic E-state index is -0.158. The molecule has 1 atom stereocenters. The van der Waals surface area contributed by atoms with E-state index in [1.165, 1.54) is 0 Å². The zero-order valence-electron chi connectivity index (χ0n) is 13.8. The Morgan fingerprint density at radius 3 is 2.43 bits per heavy atom. The zero-order chi connectivity index (χ0) is 16.7. The molecular weight excluding hydrogens is 290 g/mol. The third-order valence-corrected chi connectivity index (χ3v) is 3.70. The Hall–Kier alpha value is -2.49. The van der Waals surface area contributed by atoms with Crippen molar-refractivity contribution in [1.29, 1.82) is 0 Å². The molecule has 0 saturated carbocycles. The Bertz CT molecular complexity index is 655. The predicted molar refractivity (Wildman–Crippen MR) is 90.9 cm³/mol. The summed E-state index contributed by atoms with van der Waals surface area (Å²) in [7, 11) is 1.62. The van der Waals surface area contributed by atoms with E-state index in [0.717, 1.165) is 29.0 Å². The molecule has 2 aromatic carbocycles. The van der Waals surface area contributed by atoms with Crippen molar-refractivity contribution < 1.29 is 14.3 Å². The smallest absolute Gasteiger partial charge is 0.258 e. The van der Waals surface area contributed by atoms with Gasteiger partial charge in [-0.05, 0) is 31.0 Å². The highest BCUT2D eigenvalue weighted by Gasteiger charge is 2.14. The summed E-state index contributed by atoms with van der Waals surface area (Å²) in [6.45, 7) is 3.98. The second-order valence-corrected chi connectivity index (χ2v) is 5.28. The number of carbonyl (C=O) groups is 1. The van der Waals surface area contributed by atoms with E-state index in [-0.39, 0.29) is 18.6 Å². The topological polar surface area (TPSA) is 47.6 Å². The number of para-hydroxylation sites is 2. The molecule has 2 rings (SSSR count). The van der Waals surface area contributed by atoms with Gasteiger partial charge in [-0.25, -0.2) is 0 Å². The highest BCUT2D eigenvalue weighted by Crippen LogP contribution is 2.24. The quantitative estimate of drug-likeness (QED) is 0.851. The first kappa shape index (κ1) is 16.9. The van der Waals surface area contributed by atoms with Crippen LogP contribution in [-0.2, 0) is 11.2 Å². The van der Waals surface area contributed by atoms with Gasteiger partial charge in [0.1, 0.15) is 11.5 Å². The summed E-state index contributed by atoms with van der Waals surface area (Å²) in [4.78, 5) is 12.1. The molecule has 1 unspecified atom stereocenters. The molecule has 4 nitrogen and oxygen atoms in total. The normalized spacial score (nSPS) is 11.6. The van der Waals surface area contributed by atoms with Crippen LogP contribution in [0.1, 0.15) is 31.0 Å². The summed E-state index contributed by atoms with van der Waals surface area (Å²) in [6, 6.07) is 15.3. The fraction of sp³-hybridized carbons (Fsp3) is 0.316. The standard InChI is InChI=1S/C19H23NO3/c1-4-15-9-5-7-11-17(15)23-13-19(21)20-14(2)16-10-6-8-12-18(16)22-3/h5-12,14H,4,13H2,1-3H3,(H,20,21). The average Bonchev–Trinajstić information content (AvgIpc) is 2.60. The third kappa shape index (κ3) is 4.49. The van der Waals surface area contributed by atoms with Gasteiger partial charge in [0.05, 0.1) is 13.2 Å². The summed E-state index contributed by atoms with van der Waals surface area (Å²) in [5, 5.41) is 2.93. The van der Waals surface area contributed by atoms with Crippen molar-refractivity contribution in [2.24, 2.45) is 0 Å². The van der Waals surface area contributed by atoms with Gasteiger partial charge in [-0.15, -0.1) is 0 Å². The van der Waals surface area contributed by atoms with Crippen molar-refractivity contribution in [3.05, 3.63) is 59.7 Å². The van der Waals surface area contributed by atoms with Crippen LogP contribution in [0, 0.1) is 0 Å². The largest absolute Gasteiger partial charge is 0.496 e. The van der Waals surface area contributed by atoms with E-state index in [4.69, 9.17) is 9.47 Å². The number of nitrogens with one attached hydrogen (secondary N) is 1. The van der Waals surface area contributed by atoms with E-state index in [9.17, 15) is 4.79 Å². The highest BCUT2D eigenvalue weighted by atomic mass is 16.5. The van der Waals surface area contributed by atoms with Crippen molar-refractivity contribution in [2.45, 2.75) is 26.3 Å². The third-order valence-electron chi connectivity index (χ3n) is 3.70. The van der Waals surface area contributed by atoms with E-state index < -0.39 is 0 Å².